The first kappa shape index (κ1) is 25.9. The summed E-state index contributed by atoms with van der Waals surface area (Å²) >= 11 is 6.88. The maximum absolute atomic E-state index is 13.9. The van der Waals surface area contributed by atoms with Crippen LogP contribution in [-0.4, -0.2) is 27.0 Å². The second-order valence-electron chi connectivity index (χ2n) is 8.21. The zero-order valence-corrected chi connectivity index (χ0v) is 21.2. The summed E-state index contributed by atoms with van der Waals surface area (Å²) in [6, 6.07) is 24.4. The summed E-state index contributed by atoms with van der Waals surface area (Å²) in [6.07, 6.45) is 0. The summed E-state index contributed by atoms with van der Waals surface area (Å²) in [5, 5.41) is 3.43. The lowest BCUT2D eigenvalue weighted by molar-refractivity contribution is -0.126. The van der Waals surface area contributed by atoms with E-state index in [0.717, 1.165) is 22.7 Å². The number of carbonyl (C=O) groups is 3. The SMILES string of the molecule is NC(=O)c1nsc(C(=O)N(Cc2ccccc2)C(C(=O)NCc2ccccc2)c2ccc(Cl)cc2)c1N. The molecule has 0 saturated heterocycles. The van der Waals surface area contributed by atoms with Crippen molar-refractivity contribution in [3.05, 3.63) is 117 Å². The van der Waals surface area contributed by atoms with Crippen LogP contribution in [0.15, 0.2) is 84.9 Å². The molecule has 1 atom stereocenters. The Morgan fingerprint density at radius 2 is 1.51 bits per heavy atom. The van der Waals surface area contributed by atoms with E-state index in [4.69, 9.17) is 23.1 Å². The van der Waals surface area contributed by atoms with Crippen molar-refractivity contribution in [3.8, 4) is 0 Å². The standard InChI is InChI=1S/C27H24ClN5O3S/c28-20-13-11-19(12-14-20)23(26(35)31-15-17-7-3-1-4-8-17)33(16-18-9-5-2-6-10-18)27(36)24-21(29)22(25(30)34)32-37-24/h1-14,23H,15-16,29H2,(H2,30,34)(H,31,35). The van der Waals surface area contributed by atoms with Crippen LogP contribution in [0.5, 0.6) is 0 Å². The first-order valence-corrected chi connectivity index (χ1v) is 12.5. The molecule has 0 saturated carbocycles. The molecule has 1 aromatic heterocycles. The summed E-state index contributed by atoms with van der Waals surface area (Å²) in [7, 11) is 0. The highest BCUT2D eigenvalue weighted by atomic mass is 35.5. The molecule has 0 aliphatic heterocycles. The second-order valence-corrected chi connectivity index (χ2v) is 9.42. The molecule has 1 unspecified atom stereocenters. The number of anilines is 1. The Labute approximate surface area is 223 Å². The van der Waals surface area contributed by atoms with Crippen LogP contribution in [0, 0.1) is 0 Å². The van der Waals surface area contributed by atoms with Crippen LogP contribution >= 0.6 is 23.1 Å². The molecule has 5 N–H and O–H groups in total. The normalized spacial score (nSPS) is 11.5. The van der Waals surface area contributed by atoms with Crippen LogP contribution in [-0.2, 0) is 17.9 Å². The van der Waals surface area contributed by atoms with Crippen molar-refractivity contribution >= 4 is 46.5 Å². The van der Waals surface area contributed by atoms with Crippen LogP contribution < -0.4 is 16.8 Å². The fourth-order valence-electron chi connectivity index (χ4n) is 3.82. The molecule has 0 fully saturated rings. The highest BCUT2D eigenvalue weighted by Crippen LogP contribution is 2.31. The minimum Gasteiger partial charge on any atom is -0.395 e. The first-order valence-electron chi connectivity index (χ1n) is 11.3. The van der Waals surface area contributed by atoms with Crippen LogP contribution in [0.3, 0.4) is 0 Å². The number of rotatable bonds is 9. The number of nitrogen functional groups attached to an aromatic ring is 1. The monoisotopic (exact) mass is 533 g/mol. The quantitative estimate of drug-likeness (QED) is 0.297. The number of amides is 3. The van der Waals surface area contributed by atoms with Gasteiger partial charge < -0.3 is 21.7 Å². The second kappa shape index (κ2) is 11.7. The molecule has 3 aromatic carbocycles. The topological polar surface area (TPSA) is 131 Å². The molecule has 0 aliphatic carbocycles. The number of aromatic nitrogens is 1. The summed E-state index contributed by atoms with van der Waals surface area (Å²) in [5.41, 5.74) is 13.4. The Kier molecular flexibility index (Phi) is 8.17. The molecular weight excluding hydrogens is 510 g/mol. The molecule has 37 heavy (non-hydrogen) atoms. The molecule has 3 amide bonds. The molecule has 0 spiro atoms. The molecule has 0 radical (unpaired) electrons. The minimum atomic E-state index is -1.03. The van der Waals surface area contributed by atoms with E-state index < -0.39 is 23.8 Å². The van der Waals surface area contributed by atoms with Gasteiger partial charge in [-0.1, -0.05) is 84.4 Å². The highest BCUT2D eigenvalue weighted by molar-refractivity contribution is 7.09. The van der Waals surface area contributed by atoms with Gasteiger partial charge in [-0.25, -0.2) is 0 Å². The lowest BCUT2D eigenvalue weighted by atomic mass is 10.0. The number of hydrogen-bond donors (Lipinski definition) is 3. The van der Waals surface area contributed by atoms with Gasteiger partial charge in [0.1, 0.15) is 10.9 Å². The fraction of sp³-hybridized carbons (Fsp3) is 0.111. The Hall–Kier alpha value is -4.21. The molecule has 4 aromatic rings. The lowest BCUT2D eigenvalue weighted by Crippen LogP contribution is -2.43. The molecule has 0 aliphatic rings. The van der Waals surface area contributed by atoms with Crippen LogP contribution in [0.25, 0.3) is 0 Å². The third-order valence-electron chi connectivity index (χ3n) is 5.67. The van der Waals surface area contributed by atoms with Crippen molar-refractivity contribution in [3.63, 3.8) is 0 Å². The zero-order chi connectivity index (χ0) is 26.4. The van der Waals surface area contributed by atoms with Gasteiger partial charge in [-0.15, -0.1) is 0 Å². The van der Waals surface area contributed by atoms with Crippen molar-refractivity contribution in [2.75, 3.05) is 5.73 Å². The Morgan fingerprint density at radius 3 is 2.08 bits per heavy atom. The van der Waals surface area contributed by atoms with Gasteiger partial charge in [0.25, 0.3) is 11.8 Å². The van der Waals surface area contributed by atoms with E-state index in [1.54, 1.807) is 24.3 Å². The van der Waals surface area contributed by atoms with Crippen molar-refractivity contribution in [1.82, 2.24) is 14.6 Å². The smallest absolute Gasteiger partial charge is 0.270 e. The number of nitrogens with two attached hydrogens (primary N) is 2. The number of primary amides is 1. The Morgan fingerprint density at radius 1 is 0.919 bits per heavy atom. The maximum atomic E-state index is 13.9. The van der Waals surface area contributed by atoms with E-state index in [1.807, 2.05) is 60.7 Å². The maximum Gasteiger partial charge on any atom is 0.270 e. The number of benzene rings is 3. The number of nitrogens with one attached hydrogen (secondary N) is 1. The van der Waals surface area contributed by atoms with Crippen LogP contribution in [0.1, 0.15) is 42.9 Å². The lowest BCUT2D eigenvalue weighted by Gasteiger charge is -2.31. The Bertz CT molecular complexity index is 1390. The Balaban J connectivity index is 1.76. The van der Waals surface area contributed by atoms with Crippen molar-refractivity contribution in [2.45, 2.75) is 19.1 Å². The third kappa shape index (κ3) is 6.14. The summed E-state index contributed by atoms with van der Waals surface area (Å²) < 4.78 is 3.97. The van der Waals surface area contributed by atoms with E-state index in [-0.39, 0.29) is 29.3 Å². The zero-order valence-electron chi connectivity index (χ0n) is 19.6. The van der Waals surface area contributed by atoms with E-state index in [0.29, 0.717) is 10.6 Å². The van der Waals surface area contributed by atoms with Crippen LogP contribution in [0.4, 0.5) is 5.69 Å². The third-order valence-corrected chi connectivity index (χ3v) is 6.77. The first-order chi connectivity index (χ1) is 17.8. The van der Waals surface area contributed by atoms with Crippen molar-refractivity contribution in [2.24, 2.45) is 5.73 Å². The predicted molar refractivity (Wildman–Crippen MR) is 144 cm³/mol. The largest absolute Gasteiger partial charge is 0.395 e. The van der Waals surface area contributed by atoms with Gasteiger partial charge in [0.15, 0.2) is 5.69 Å². The van der Waals surface area contributed by atoms with Gasteiger partial charge in [-0.05, 0) is 40.4 Å². The van der Waals surface area contributed by atoms with E-state index in [9.17, 15) is 14.4 Å². The van der Waals surface area contributed by atoms with Crippen molar-refractivity contribution < 1.29 is 14.4 Å². The fourth-order valence-corrected chi connectivity index (χ4v) is 4.71. The number of carbonyl (C=O) groups excluding carboxylic acids is 3. The van der Waals surface area contributed by atoms with Gasteiger partial charge in [-0.2, -0.15) is 4.37 Å². The van der Waals surface area contributed by atoms with Gasteiger partial charge in [0.05, 0.1) is 5.69 Å². The highest BCUT2D eigenvalue weighted by Gasteiger charge is 2.35. The van der Waals surface area contributed by atoms with Crippen LogP contribution in [0.2, 0.25) is 5.02 Å². The molecule has 0 bridgehead atoms. The molecule has 10 heteroatoms. The molecule has 4 rings (SSSR count). The molecule has 1 heterocycles. The number of halogens is 1. The molecular formula is C27H24ClN5O3S. The average molecular weight is 534 g/mol. The minimum absolute atomic E-state index is 0.0274. The summed E-state index contributed by atoms with van der Waals surface area (Å²) in [4.78, 5) is 40.8. The number of hydrogen-bond acceptors (Lipinski definition) is 6. The average Bonchev–Trinajstić information content (AvgIpc) is 3.30. The van der Waals surface area contributed by atoms with Gasteiger partial charge in [0.2, 0.25) is 5.91 Å². The van der Waals surface area contributed by atoms with Crippen molar-refractivity contribution in [1.29, 1.82) is 0 Å². The molecule has 188 valence electrons. The molecule has 8 nitrogen and oxygen atoms in total. The number of nitrogens with zero attached hydrogens (tertiary/aromatic N) is 2. The van der Waals surface area contributed by atoms with Gasteiger partial charge >= 0.3 is 0 Å². The van der Waals surface area contributed by atoms with E-state index in [1.165, 1.54) is 4.90 Å². The summed E-state index contributed by atoms with van der Waals surface area (Å²) in [6.45, 7) is 0.362. The van der Waals surface area contributed by atoms with Gasteiger partial charge in [-0.3, -0.25) is 14.4 Å². The predicted octanol–water partition coefficient (Wildman–Crippen LogP) is 4.18. The van der Waals surface area contributed by atoms with E-state index in [2.05, 4.69) is 9.69 Å². The van der Waals surface area contributed by atoms with Gasteiger partial charge in [0, 0.05) is 18.1 Å². The van der Waals surface area contributed by atoms with E-state index >= 15 is 0 Å². The summed E-state index contributed by atoms with van der Waals surface area (Å²) in [5.74, 6) is -1.79.